The fourth-order valence-electron chi connectivity index (χ4n) is 3.43. The van der Waals surface area contributed by atoms with Gasteiger partial charge in [0.05, 0.1) is 25.3 Å². The van der Waals surface area contributed by atoms with Crippen molar-refractivity contribution in [2.45, 2.75) is 27.2 Å². The topological polar surface area (TPSA) is 48.4 Å². The molecular formula is C24H26FNO3. The summed E-state index contributed by atoms with van der Waals surface area (Å²) in [7, 11) is 1.56. The first-order valence-corrected chi connectivity index (χ1v) is 9.83. The Kier molecular flexibility index (Phi) is 6.47. The molecule has 0 aliphatic rings. The van der Waals surface area contributed by atoms with Crippen molar-refractivity contribution in [1.29, 1.82) is 0 Å². The van der Waals surface area contributed by atoms with E-state index in [0.717, 1.165) is 16.5 Å². The maximum absolute atomic E-state index is 14.2. The summed E-state index contributed by atoms with van der Waals surface area (Å²) in [4.78, 5) is 16.9. The van der Waals surface area contributed by atoms with Crippen LogP contribution in [0.1, 0.15) is 26.3 Å². The summed E-state index contributed by atoms with van der Waals surface area (Å²) in [5.41, 5.74) is 2.33. The highest BCUT2D eigenvalue weighted by Gasteiger charge is 2.25. The molecule has 1 unspecified atom stereocenters. The number of esters is 1. The Hall–Kier alpha value is -2.95. The van der Waals surface area contributed by atoms with Crippen molar-refractivity contribution in [3.05, 3.63) is 59.9 Å². The van der Waals surface area contributed by atoms with Crippen molar-refractivity contribution in [3.8, 4) is 17.1 Å². The predicted molar refractivity (Wildman–Crippen MR) is 112 cm³/mol. The number of hydrogen-bond donors (Lipinski definition) is 0. The van der Waals surface area contributed by atoms with E-state index < -0.39 is 0 Å². The third-order valence-corrected chi connectivity index (χ3v) is 5.09. The minimum absolute atomic E-state index is 0.127. The molecule has 4 nitrogen and oxygen atoms in total. The van der Waals surface area contributed by atoms with Gasteiger partial charge in [0.2, 0.25) is 5.88 Å². The number of aromatic nitrogens is 1. The second-order valence-electron chi connectivity index (χ2n) is 7.35. The fourth-order valence-corrected chi connectivity index (χ4v) is 3.43. The molecule has 29 heavy (non-hydrogen) atoms. The highest BCUT2D eigenvalue weighted by atomic mass is 19.1. The lowest BCUT2D eigenvalue weighted by molar-refractivity contribution is -0.149. The summed E-state index contributed by atoms with van der Waals surface area (Å²) < 4.78 is 24.9. The number of carbonyl (C=O) groups is 1. The highest BCUT2D eigenvalue weighted by molar-refractivity contribution is 5.87. The molecule has 5 heteroatoms. The predicted octanol–water partition coefficient (Wildman–Crippen LogP) is 5.43. The van der Waals surface area contributed by atoms with Gasteiger partial charge in [0.1, 0.15) is 5.82 Å². The zero-order valence-corrected chi connectivity index (χ0v) is 17.2. The summed E-state index contributed by atoms with van der Waals surface area (Å²) in [5, 5.41) is 1.39. The van der Waals surface area contributed by atoms with E-state index in [2.05, 4.69) is 4.98 Å². The van der Waals surface area contributed by atoms with Crippen LogP contribution in [-0.4, -0.2) is 24.7 Å². The van der Waals surface area contributed by atoms with Gasteiger partial charge in [-0.3, -0.25) is 4.79 Å². The third kappa shape index (κ3) is 4.56. The molecule has 1 aromatic heterocycles. The molecule has 0 fully saturated rings. The lowest BCUT2D eigenvalue weighted by atomic mass is 9.89. The first-order chi connectivity index (χ1) is 13.9. The van der Waals surface area contributed by atoms with Gasteiger partial charge >= 0.3 is 5.97 Å². The molecule has 0 aliphatic heterocycles. The average Bonchev–Trinajstić information content (AvgIpc) is 2.72. The zero-order chi connectivity index (χ0) is 21.0. The molecule has 1 atom stereocenters. The Bertz CT molecular complexity index is 1020. The Balaban J connectivity index is 1.94. The van der Waals surface area contributed by atoms with E-state index in [0.29, 0.717) is 30.0 Å². The smallest absolute Gasteiger partial charge is 0.309 e. The highest BCUT2D eigenvalue weighted by Crippen LogP contribution is 2.30. The van der Waals surface area contributed by atoms with Gasteiger partial charge in [-0.2, -0.15) is 0 Å². The Morgan fingerprint density at radius 2 is 1.93 bits per heavy atom. The minimum Gasteiger partial charge on any atom is -0.481 e. The molecule has 3 rings (SSSR count). The van der Waals surface area contributed by atoms with Crippen molar-refractivity contribution >= 4 is 16.7 Å². The fraction of sp³-hybridized carbons (Fsp3) is 0.333. The molecule has 0 radical (unpaired) electrons. The number of halogens is 1. The van der Waals surface area contributed by atoms with Crippen LogP contribution >= 0.6 is 0 Å². The van der Waals surface area contributed by atoms with Gasteiger partial charge in [-0.25, -0.2) is 9.37 Å². The van der Waals surface area contributed by atoms with Crippen molar-refractivity contribution < 1.29 is 18.7 Å². The molecule has 0 spiro atoms. The van der Waals surface area contributed by atoms with Crippen LogP contribution in [0.3, 0.4) is 0 Å². The first kappa shape index (κ1) is 20.8. The number of nitrogens with zero attached hydrogens (tertiary/aromatic N) is 1. The summed E-state index contributed by atoms with van der Waals surface area (Å²) in [6.45, 7) is 6.16. The number of hydrogen-bond acceptors (Lipinski definition) is 4. The molecule has 152 valence electrons. The number of rotatable bonds is 7. The average molecular weight is 395 g/mol. The van der Waals surface area contributed by atoms with Crippen LogP contribution in [0.5, 0.6) is 5.88 Å². The molecule has 0 aliphatic carbocycles. The van der Waals surface area contributed by atoms with Crippen LogP contribution < -0.4 is 4.74 Å². The van der Waals surface area contributed by atoms with Gasteiger partial charge in [-0.1, -0.05) is 44.2 Å². The van der Waals surface area contributed by atoms with E-state index >= 15 is 0 Å². The van der Waals surface area contributed by atoms with Gasteiger partial charge in [0, 0.05) is 16.5 Å². The van der Waals surface area contributed by atoms with Crippen molar-refractivity contribution in [1.82, 2.24) is 4.98 Å². The summed E-state index contributed by atoms with van der Waals surface area (Å²) >= 11 is 0. The molecule has 2 aromatic carbocycles. The maximum Gasteiger partial charge on any atom is 0.309 e. The van der Waals surface area contributed by atoms with Crippen LogP contribution in [0, 0.1) is 17.7 Å². The number of fused-ring (bicyclic) bond motifs is 1. The van der Waals surface area contributed by atoms with Gasteiger partial charge in [0.25, 0.3) is 0 Å². The number of pyridine rings is 1. The van der Waals surface area contributed by atoms with Crippen molar-refractivity contribution in [3.63, 3.8) is 0 Å². The molecule has 0 bridgehead atoms. The Labute approximate surface area is 170 Å². The van der Waals surface area contributed by atoms with E-state index in [4.69, 9.17) is 9.47 Å². The molecule has 1 heterocycles. The lowest BCUT2D eigenvalue weighted by Crippen LogP contribution is -2.25. The molecular weight excluding hydrogens is 369 g/mol. The van der Waals surface area contributed by atoms with Crippen LogP contribution in [-0.2, 0) is 16.0 Å². The van der Waals surface area contributed by atoms with E-state index in [1.165, 1.54) is 6.07 Å². The quantitative estimate of drug-likeness (QED) is 0.501. The molecule has 0 saturated heterocycles. The van der Waals surface area contributed by atoms with Crippen LogP contribution in [0.4, 0.5) is 4.39 Å². The molecule has 0 saturated carbocycles. The van der Waals surface area contributed by atoms with Crippen LogP contribution in [0.15, 0.2) is 48.5 Å². The lowest BCUT2D eigenvalue weighted by Gasteiger charge is -2.20. The maximum atomic E-state index is 14.2. The monoisotopic (exact) mass is 395 g/mol. The zero-order valence-electron chi connectivity index (χ0n) is 17.2. The SMILES string of the molecule is CCOC(=O)C(Cc1ccc(-c2ccc3cccc(F)c3c2)nc1OC)C(C)C. The number of benzene rings is 2. The van der Waals surface area contributed by atoms with Crippen LogP contribution in [0.2, 0.25) is 0 Å². The second kappa shape index (κ2) is 9.03. The number of methoxy groups -OCH3 is 1. The molecule has 0 N–H and O–H groups in total. The number of carbonyl (C=O) groups excluding carboxylic acids is 1. The van der Waals surface area contributed by atoms with Crippen LogP contribution in [0.25, 0.3) is 22.0 Å². The van der Waals surface area contributed by atoms with Gasteiger partial charge in [0.15, 0.2) is 0 Å². The summed E-state index contributed by atoms with van der Waals surface area (Å²) in [6.07, 6.45) is 0.485. The normalized spacial score (nSPS) is 12.2. The molecule has 0 amide bonds. The largest absolute Gasteiger partial charge is 0.481 e. The van der Waals surface area contributed by atoms with Crippen molar-refractivity contribution in [2.24, 2.45) is 11.8 Å². The number of ether oxygens (including phenoxy) is 2. The Morgan fingerprint density at radius 3 is 2.62 bits per heavy atom. The van der Waals surface area contributed by atoms with Gasteiger partial charge < -0.3 is 9.47 Å². The minimum atomic E-state index is -0.272. The standard InChI is InChI=1S/C24H26FNO3/c1-5-29-24(27)19(15(2)3)14-18-11-12-22(26-23(18)28-4)17-10-9-16-7-6-8-21(25)20(16)13-17/h6-13,15,19H,5,14H2,1-4H3. The summed E-state index contributed by atoms with van der Waals surface area (Å²) in [5.74, 6) is -0.153. The third-order valence-electron chi connectivity index (χ3n) is 5.09. The van der Waals surface area contributed by atoms with Gasteiger partial charge in [-0.05, 0) is 42.8 Å². The van der Waals surface area contributed by atoms with Crippen molar-refractivity contribution in [2.75, 3.05) is 13.7 Å². The van der Waals surface area contributed by atoms with E-state index in [1.54, 1.807) is 26.2 Å². The van der Waals surface area contributed by atoms with Gasteiger partial charge in [-0.15, -0.1) is 0 Å². The Morgan fingerprint density at radius 1 is 1.14 bits per heavy atom. The summed E-state index contributed by atoms with van der Waals surface area (Å²) in [6, 6.07) is 14.4. The second-order valence-corrected chi connectivity index (χ2v) is 7.35. The van der Waals surface area contributed by atoms with E-state index in [-0.39, 0.29) is 23.6 Å². The first-order valence-electron chi connectivity index (χ1n) is 9.83. The van der Waals surface area contributed by atoms with E-state index in [1.807, 2.05) is 44.2 Å². The molecule has 3 aromatic rings. The van der Waals surface area contributed by atoms with E-state index in [9.17, 15) is 9.18 Å².